The summed E-state index contributed by atoms with van der Waals surface area (Å²) in [5.41, 5.74) is 1.56. The number of amides is 2. The fourth-order valence-corrected chi connectivity index (χ4v) is 3.05. The van der Waals surface area contributed by atoms with Crippen LogP contribution in [0.15, 0.2) is 18.2 Å². The van der Waals surface area contributed by atoms with Crippen LogP contribution in [0.25, 0.3) is 10.2 Å². The van der Waals surface area contributed by atoms with E-state index in [0.29, 0.717) is 11.0 Å². The van der Waals surface area contributed by atoms with Crippen molar-refractivity contribution in [3.63, 3.8) is 0 Å². The van der Waals surface area contributed by atoms with Crippen LogP contribution in [0.3, 0.4) is 0 Å². The van der Waals surface area contributed by atoms with E-state index in [-0.39, 0.29) is 17.7 Å². The van der Waals surface area contributed by atoms with Gasteiger partial charge in [0, 0.05) is 18.5 Å². The zero-order valence-electron chi connectivity index (χ0n) is 11.3. The molecule has 2 amide bonds. The first-order valence-corrected chi connectivity index (χ1v) is 7.33. The topological polar surface area (TPSA) is 71.1 Å². The number of aromatic nitrogens is 1. The third kappa shape index (κ3) is 2.65. The largest absolute Gasteiger partial charge is 0.326 e. The highest BCUT2D eigenvalue weighted by Gasteiger charge is 2.39. The second kappa shape index (κ2) is 4.86. The molecule has 3 rings (SSSR count). The molecule has 20 heavy (non-hydrogen) atoms. The summed E-state index contributed by atoms with van der Waals surface area (Å²) in [5.74, 6) is 0.566. The Morgan fingerprint density at radius 1 is 1.35 bits per heavy atom. The maximum absolute atomic E-state index is 11.9. The average Bonchev–Trinajstić information content (AvgIpc) is 2.96. The summed E-state index contributed by atoms with van der Waals surface area (Å²) in [6.45, 7) is 3.54. The van der Waals surface area contributed by atoms with Gasteiger partial charge in [0.25, 0.3) is 0 Å². The van der Waals surface area contributed by atoms with Crippen LogP contribution in [0.4, 0.5) is 10.8 Å². The van der Waals surface area contributed by atoms with E-state index < -0.39 is 0 Å². The molecule has 0 unspecified atom stereocenters. The number of carbonyl (C=O) groups is 2. The number of hydrogen-bond donors (Lipinski definition) is 2. The summed E-state index contributed by atoms with van der Waals surface area (Å²) >= 11 is 1.42. The number of nitrogens with zero attached hydrogens (tertiary/aromatic N) is 1. The van der Waals surface area contributed by atoms with E-state index in [2.05, 4.69) is 22.5 Å². The third-order valence-corrected chi connectivity index (χ3v) is 4.32. The Morgan fingerprint density at radius 2 is 2.10 bits per heavy atom. The summed E-state index contributed by atoms with van der Waals surface area (Å²) in [4.78, 5) is 27.3. The lowest BCUT2D eigenvalue weighted by atomic mass is 10.3. The molecule has 1 saturated carbocycles. The quantitative estimate of drug-likeness (QED) is 0.912. The van der Waals surface area contributed by atoms with E-state index in [0.717, 1.165) is 22.3 Å². The van der Waals surface area contributed by atoms with Crippen molar-refractivity contribution >= 4 is 44.2 Å². The maximum atomic E-state index is 11.9. The number of anilines is 2. The predicted molar refractivity (Wildman–Crippen MR) is 79.8 cm³/mol. The first-order valence-electron chi connectivity index (χ1n) is 6.52. The minimum Gasteiger partial charge on any atom is -0.326 e. The molecule has 0 aliphatic heterocycles. The Balaban J connectivity index is 1.79. The molecule has 5 nitrogen and oxygen atoms in total. The zero-order valence-corrected chi connectivity index (χ0v) is 12.1. The van der Waals surface area contributed by atoms with Gasteiger partial charge in [0.1, 0.15) is 0 Å². The third-order valence-electron chi connectivity index (χ3n) is 3.39. The SMILES string of the molecule is CC(=O)Nc1ccc2nc(NC(=O)[C@H]3C[C@H]3C)sc2c1. The van der Waals surface area contributed by atoms with Crippen LogP contribution >= 0.6 is 11.3 Å². The minimum atomic E-state index is -0.106. The van der Waals surface area contributed by atoms with Gasteiger partial charge in [-0.25, -0.2) is 4.98 Å². The molecule has 1 aliphatic carbocycles. The molecule has 1 fully saturated rings. The lowest BCUT2D eigenvalue weighted by Crippen LogP contribution is -2.14. The molecule has 2 N–H and O–H groups in total. The van der Waals surface area contributed by atoms with Crippen LogP contribution in [0.1, 0.15) is 20.3 Å². The van der Waals surface area contributed by atoms with Gasteiger partial charge in [-0.15, -0.1) is 0 Å². The Labute approximate surface area is 120 Å². The van der Waals surface area contributed by atoms with Crippen molar-refractivity contribution in [1.29, 1.82) is 0 Å². The van der Waals surface area contributed by atoms with Crippen molar-refractivity contribution in [2.24, 2.45) is 11.8 Å². The smallest absolute Gasteiger partial charge is 0.229 e. The second-order valence-corrected chi connectivity index (χ2v) is 6.22. The Bertz CT molecular complexity index is 695. The zero-order chi connectivity index (χ0) is 14.3. The number of nitrogens with one attached hydrogen (secondary N) is 2. The highest BCUT2D eigenvalue weighted by atomic mass is 32.1. The predicted octanol–water partition coefficient (Wildman–Crippen LogP) is 2.85. The van der Waals surface area contributed by atoms with Gasteiger partial charge in [0.2, 0.25) is 11.8 Å². The molecule has 1 aromatic carbocycles. The van der Waals surface area contributed by atoms with Gasteiger partial charge in [-0.2, -0.15) is 0 Å². The van der Waals surface area contributed by atoms with Gasteiger partial charge in [-0.3, -0.25) is 9.59 Å². The van der Waals surface area contributed by atoms with Crippen molar-refractivity contribution in [1.82, 2.24) is 4.98 Å². The first-order chi connectivity index (χ1) is 9.52. The van der Waals surface area contributed by atoms with Crippen molar-refractivity contribution in [3.05, 3.63) is 18.2 Å². The number of rotatable bonds is 3. The van der Waals surface area contributed by atoms with Crippen molar-refractivity contribution in [3.8, 4) is 0 Å². The van der Waals surface area contributed by atoms with Crippen LogP contribution in [-0.2, 0) is 9.59 Å². The molecule has 104 valence electrons. The molecule has 1 heterocycles. The first kappa shape index (κ1) is 13.1. The molecule has 0 bridgehead atoms. The standard InChI is InChI=1S/C14H15N3O2S/c1-7-5-10(7)13(19)17-14-16-11-4-3-9(15-8(2)18)6-12(11)20-14/h3-4,6-7,10H,5H2,1-2H3,(H,15,18)(H,16,17,19)/t7-,10+/m1/s1. The summed E-state index contributed by atoms with van der Waals surface area (Å²) in [7, 11) is 0. The Hall–Kier alpha value is -1.95. The van der Waals surface area contributed by atoms with E-state index in [1.54, 1.807) is 6.07 Å². The van der Waals surface area contributed by atoms with Gasteiger partial charge in [-0.05, 0) is 30.5 Å². The molecule has 6 heteroatoms. The number of benzene rings is 1. The van der Waals surface area contributed by atoms with Gasteiger partial charge in [0.15, 0.2) is 5.13 Å². The minimum absolute atomic E-state index is 0.0543. The second-order valence-electron chi connectivity index (χ2n) is 5.19. The lowest BCUT2D eigenvalue weighted by molar-refractivity contribution is -0.117. The number of fused-ring (bicyclic) bond motifs is 1. The summed E-state index contributed by atoms with van der Waals surface area (Å²) in [6, 6.07) is 5.51. The molecule has 1 aliphatic rings. The van der Waals surface area contributed by atoms with E-state index >= 15 is 0 Å². The average molecular weight is 289 g/mol. The molecule has 0 spiro atoms. The fraction of sp³-hybridized carbons (Fsp3) is 0.357. The number of thiazole rings is 1. The van der Waals surface area contributed by atoms with E-state index in [4.69, 9.17) is 0 Å². The summed E-state index contributed by atoms with van der Waals surface area (Å²) in [6.07, 6.45) is 0.962. The lowest BCUT2D eigenvalue weighted by Gasteiger charge is -1.99. The van der Waals surface area contributed by atoms with Gasteiger partial charge >= 0.3 is 0 Å². The summed E-state index contributed by atoms with van der Waals surface area (Å²) < 4.78 is 0.940. The van der Waals surface area contributed by atoms with Crippen molar-refractivity contribution < 1.29 is 9.59 Å². The maximum Gasteiger partial charge on any atom is 0.229 e. The molecule has 2 atom stereocenters. The monoisotopic (exact) mass is 289 g/mol. The molecular formula is C14H15N3O2S. The number of carbonyl (C=O) groups excluding carboxylic acids is 2. The summed E-state index contributed by atoms with van der Waals surface area (Å²) in [5, 5.41) is 6.21. The Morgan fingerprint density at radius 3 is 2.75 bits per heavy atom. The van der Waals surface area contributed by atoms with E-state index in [1.165, 1.54) is 18.3 Å². The van der Waals surface area contributed by atoms with Crippen molar-refractivity contribution in [2.75, 3.05) is 10.6 Å². The fourth-order valence-electron chi connectivity index (χ4n) is 2.14. The molecular weight excluding hydrogens is 274 g/mol. The van der Waals surface area contributed by atoms with E-state index in [9.17, 15) is 9.59 Å². The van der Waals surface area contributed by atoms with Crippen LogP contribution in [0.5, 0.6) is 0 Å². The van der Waals surface area contributed by atoms with Crippen LogP contribution < -0.4 is 10.6 Å². The van der Waals surface area contributed by atoms with Gasteiger partial charge in [-0.1, -0.05) is 18.3 Å². The Kier molecular flexibility index (Phi) is 3.17. The molecule has 0 radical (unpaired) electrons. The number of hydrogen-bond acceptors (Lipinski definition) is 4. The van der Waals surface area contributed by atoms with E-state index in [1.807, 2.05) is 12.1 Å². The van der Waals surface area contributed by atoms with Crippen molar-refractivity contribution in [2.45, 2.75) is 20.3 Å². The van der Waals surface area contributed by atoms with Crippen LogP contribution in [-0.4, -0.2) is 16.8 Å². The van der Waals surface area contributed by atoms with Gasteiger partial charge in [0.05, 0.1) is 10.2 Å². The molecule has 0 saturated heterocycles. The van der Waals surface area contributed by atoms with Gasteiger partial charge < -0.3 is 10.6 Å². The molecule has 1 aromatic heterocycles. The highest BCUT2D eigenvalue weighted by molar-refractivity contribution is 7.22. The normalized spacial score (nSPS) is 20.7. The highest BCUT2D eigenvalue weighted by Crippen LogP contribution is 2.39. The van der Waals surface area contributed by atoms with Crippen LogP contribution in [0, 0.1) is 11.8 Å². The van der Waals surface area contributed by atoms with Crippen LogP contribution in [0.2, 0.25) is 0 Å². The molecule has 2 aromatic rings.